The maximum atomic E-state index is 12.7. The number of benzene rings is 2. The Hall–Kier alpha value is -3.88. The molecule has 3 rings (SSSR count). The molecular formula is C24H27N3O6. The summed E-state index contributed by atoms with van der Waals surface area (Å²) >= 11 is 0. The molecule has 0 radical (unpaired) electrons. The molecular weight excluding hydrogens is 426 g/mol. The second-order valence-corrected chi connectivity index (χ2v) is 8.10. The Morgan fingerprint density at radius 2 is 1.70 bits per heavy atom. The highest BCUT2D eigenvalue weighted by atomic mass is 16.5. The normalized spacial score (nSPS) is 11.3. The summed E-state index contributed by atoms with van der Waals surface area (Å²) in [7, 11) is 0. The van der Waals surface area contributed by atoms with Crippen molar-refractivity contribution in [2.45, 2.75) is 53.0 Å². The van der Waals surface area contributed by atoms with Crippen LogP contribution in [0.15, 0.2) is 53.3 Å². The van der Waals surface area contributed by atoms with Crippen molar-refractivity contribution in [3.05, 3.63) is 81.5 Å². The molecule has 0 fully saturated rings. The molecule has 0 spiro atoms. The van der Waals surface area contributed by atoms with Gasteiger partial charge in [0, 0.05) is 6.54 Å². The molecule has 0 aliphatic heterocycles. The average Bonchev–Trinajstić information content (AvgIpc) is 3.08. The Kier molecular flexibility index (Phi) is 7.01. The monoisotopic (exact) mass is 453 g/mol. The second-order valence-electron chi connectivity index (χ2n) is 8.10. The zero-order chi connectivity index (χ0) is 24.2. The van der Waals surface area contributed by atoms with Gasteiger partial charge in [-0.2, -0.15) is 5.10 Å². The van der Waals surface area contributed by atoms with Crippen LogP contribution in [0.1, 0.15) is 48.1 Å². The van der Waals surface area contributed by atoms with E-state index in [9.17, 15) is 14.4 Å². The van der Waals surface area contributed by atoms with E-state index in [0.717, 1.165) is 11.1 Å². The third kappa shape index (κ3) is 5.68. The number of hydrogen-bond acceptors (Lipinski definition) is 6. The van der Waals surface area contributed by atoms with E-state index >= 15 is 0 Å². The molecule has 0 saturated carbocycles. The molecule has 1 N–H and O–H groups in total. The van der Waals surface area contributed by atoms with Crippen molar-refractivity contribution in [3.8, 4) is 5.75 Å². The molecule has 0 atom stereocenters. The van der Waals surface area contributed by atoms with E-state index in [-0.39, 0.29) is 17.9 Å². The second kappa shape index (κ2) is 9.72. The van der Waals surface area contributed by atoms with E-state index in [0.29, 0.717) is 24.7 Å². The van der Waals surface area contributed by atoms with Gasteiger partial charge in [0.25, 0.3) is 0 Å². The standard InChI is InChI=1S/C24H27N3O6/c1-5-26-20(25-27(23(26)31)14-17-8-6-16(2)7-9-17)15-32-21(28)18-10-12-19(13-11-18)33-24(3,4)22(29)30/h6-13H,5,14-15H2,1-4H3,(H,29,30). The number of aryl methyl sites for hydroxylation is 1. The predicted molar refractivity (Wildman–Crippen MR) is 120 cm³/mol. The van der Waals surface area contributed by atoms with Crippen molar-refractivity contribution in [2.24, 2.45) is 0 Å². The Balaban J connectivity index is 1.67. The summed E-state index contributed by atoms with van der Waals surface area (Å²) < 4.78 is 13.6. The smallest absolute Gasteiger partial charge is 0.347 e. The van der Waals surface area contributed by atoms with Crippen LogP contribution < -0.4 is 10.4 Å². The summed E-state index contributed by atoms with van der Waals surface area (Å²) in [4.78, 5) is 36.3. The number of aromatic nitrogens is 3. The van der Waals surface area contributed by atoms with E-state index in [1.165, 1.54) is 47.4 Å². The van der Waals surface area contributed by atoms with Crippen LogP contribution in [-0.2, 0) is 29.2 Å². The molecule has 0 aliphatic carbocycles. The maximum absolute atomic E-state index is 12.7. The lowest BCUT2D eigenvalue weighted by Crippen LogP contribution is -2.37. The number of carboxylic acid groups (broad SMARTS) is 1. The van der Waals surface area contributed by atoms with E-state index in [2.05, 4.69) is 5.10 Å². The van der Waals surface area contributed by atoms with Crippen LogP contribution in [0.3, 0.4) is 0 Å². The van der Waals surface area contributed by atoms with Gasteiger partial charge in [-0.3, -0.25) is 4.57 Å². The highest BCUT2D eigenvalue weighted by Crippen LogP contribution is 2.20. The van der Waals surface area contributed by atoms with Gasteiger partial charge in [0.1, 0.15) is 5.75 Å². The summed E-state index contributed by atoms with van der Waals surface area (Å²) in [5.41, 5.74) is 0.665. The van der Waals surface area contributed by atoms with Crippen molar-refractivity contribution in [1.29, 1.82) is 0 Å². The molecule has 0 unspecified atom stereocenters. The number of ether oxygens (including phenoxy) is 2. The predicted octanol–water partition coefficient (Wildman–Crippen LogP) is 3.02. The summed E-state index contributed by atoms with van der Waals surface area (Å²) in [6.45, 7) is 7.23. The first-order chi connectivity index (χ1) is 15.6. The van der Waals surface area contributed by atoms with E-state index in [1.54, 1.807) is 0 Å². The maximum Gasteiger partial charge on any atom is 0.347 e. The Labute approximate surface area is 191 Å². The third-order valence-corrected chi connectivity index (χ3v) is 5.08. The van der Waals surface area contributed by atoms with E-state index in [1.807, 2.05) is 38.1 Å². The fourth-order valence-corrected chi connectivity index (χ4v) is 3.09. The number of carbonyl (C=O) groups is 2. The highest BCUT2D eigenvalue weighted by Gasteiger charge is 2.29. The number of carboxylic acids is 1. The molecule has 0 amide bonds. The molecule has 0 bridgehead atoms. The van der Waals surface area contributed by atoms with Crippen molar-refractivity contribution in [3.63, 3.8) is 0 Å². The third-order valence-electron chi connectivity index (χ3n) is 5.08. The van der Waals surface area contributed by atoms with Crippen LogP contribution in [0.25, 0.3) is 0 Å². The van der Waals surface area contributed by atoms with Gasteiger partial charge in [-0.15, -0.1) is 0 Å². The highest BCUT2D eigenvalue weighted by molar-refractivity contribution is 5.89. The van der Waals surface area contributed by atoms with Gasteiger partial charge < -0.3 is 14.6 Å². The average molecular weight is 453 g/mol. The fourth-order valence-electron chi connectivity index (χ4n) is 3.09. The summed E-state index contributed by atoms with van der Waals surface area (Å²) in [5.74, 6) is -1.03. The number of hydrogen-bond donors (Lipinski definition) is 1. The van der Waals surface area contributed by atoms with Gasteiger partial charge >= 0.3 is 17.6 Å². The molecule has 174 valence electrons. The van der Waals surface area contributed by atoms with Crippen LogP contribution in [0.2, 0.25) is 0 Å². The minimum atomic E-state index is -1.40. The van der Waals surface area contributed by atoms with Crippen molar-refractivity contribution in [1.82, 2.24) is 14.3 Å². The van der Waals surface area contributed by atoms with E-state index in [4.69, 9.17) is 14.6 Å². The molecule has 2 aromatic carbocycles. The molecule has 1 heterocycles. The molecule has 0 saturated heterocycles. The van der Waals surface area contributed by atoms with Crippen LogP contribution in [0, 0.1) is 6.92 Å². The largest absolute Gasteiger partial charge is 0.478 e. The summed E-state index contributed by atoms with van der Waals surface area (Å²) in [6, 6.07) is 13.8. The fraction of sp³-hybridized carbons (Fsp3) is 0.333. The Morgan fingerprint density at radius 1 is 1.06 bits per heavy atom. The lowest BCUT2D eigenvalue weighted by atomic mass is 10.1. The molecule has 3 aromatic rings. The summed E-state index contributed by atoms with van der Waals surface area (Å²) in [5, 5.41) is 13.5. The quantitative estimate of drug-likeness (QED) is 0.496. The minimum absolute atomic E-state index is 0.160. The van der Waals surface area contributed by atoms with Crippen LogP contribution in [0.4, 0.5) is 0 Å². The van der Waals surface area contributed by atoms with Crippen molar-refractivity contribution < 1.29 is 24.2 Å². The van der Waals surface area contributed by atoms with E-state index < -0.39 is 17.5 Å². The first-order valence-electron chi connectivity index (χ1n) is 10.5. The molecule has 1 aromatic heterocycles. The number of carbonyl (C=O) groups excluding carboxylic acids is 1. The zero-order valence-electron chi connectivity index (χ0n) is 19.1. The Bertz CT molecular complexity index is 1190. The van der Waals surface area contributed by atoms with Gasteiger partial charge in [0.15, 0.2) is 18.0 Å². The lowest BCUT2D eigenvalue weighted by Gasteiger charge is -2.21. The lowest BCUT2D eigenvalue weighted by molar-refractivity contribution is -0.152. The molecule has 0 aliphatic rings. The van der Waals surface area contributed by atoms with Crippen molar-refractivity contribution in [2.75, 3.05) is 0 Å². The summed E-state index contributed by atoms with van der Waals surface area (Å²) in [6.07, 6.45) is 0. The Morgan fingerprint density at radius 3 is 2.27 bits per heavy atom. The van der Waals surface area contributed by atoms with Gasteiger partial charge in [-0.25, -0.2) is 19.1 Å². The number of rotatable bonds is 9. The van der Waals surface area contributed by atoms with Crippen molar-refractivity contribution >= 4 is 11.9 Å². The van der Waals surface area contributed by atoms with Crippen LogP contribution in [0.5, 0.6) is 5.75 Å². The van der Waals surface area contributed by atoms with Gasteiger partial charge in [-0.05, 0) is 57.5 Å². The van der Waals surface area contributed by atoms with Gasteiger partial charge in [0.2, 0.25) is 0 Å². The van der Waals surface area contributed by atoms with Gasteiger partial charge in [-0.1, -0.05) is 29.8 Å². The first kappa shape index (κ1) is 23.8. The number of aliphatic carboxylic acids is 1. The van der Waals surface area contributed by atoms with Crippen LogP contribution in [-0.4, -0.2) is 37.0 Å². The molecule has 33 heavy (non-hydrogen) atoms. The SMILES string of the molecule is CCn1c(COC(=O)c2ccc(OC(C)(C)C(=O)O)cc2)nn(Cc2ccc(C)cc2)c1=O. The van der Waals surface area contributed by atoms with Crippen LogP contribution >= 0.6 is 0 Å². The number of nitrogens with zero attached hydrogens (tertiary/aromatic N) is 3. The zero-order valence-corrected chi connectivity index (χ0v) is 19.1. The van der Waals surface area contributed by atoms with Gasteiger partial charge in [0.05, 0.1) is 12.1 Å². The molecule has 9 heteroatoms. The topological polar surface area (TPSA) is 113 Å². The first-order valence-corrected chi connectivity index (χ1v) is 10.5. The molecule has 9 nitrogen and oxygen atoms in total. The minimum Gasteiger partial charge on any atom is -0.478 e. The number of esters is 1.